The van der Waals surface area contributed by atoms with E-state index in [9.17, 15) is 45.6 Å². The molecule has 1 amide bonds. The first-order chi connectivity index (χ1) is 32.6. The van der Waals surface area contributed by atoms with Gasteiger partial charge in [0.1, 0.15) is 48.8 Å². The quantitative estimate of drug-likeness (QED) is 0.0211. The molecule has 14 nitrogen and oxygen atoms in total. The lowest BCUT2D eigenvalue weighted by molar-refractivity contribution is -0.359. The number of rotatable bonds is 42. The van der Waals surface area contributed by atoms with Crippen molar-refractivity contribution >= 4 is 5.91 Å². The molecule has 394 valence electrons. The number of aliphatic hydroxyl groups is 8. The van der Waals surface area contributed by atoms with Gasteiger partial charge in [0.2, 0.25) is 5.91 Å². The van der Waals surface area contributed by atoms with Gasteiger partial charge in [-0.05, 0) is 32.1 Å². The fraction of sp³-hybridized carbons (Fsp3) is 0.906. The van der Waals surface area contributed by atoms with Crippen LogP contribution < -0.4 is 5.32 Å². The van der Waals surface area contributed by atoms with Crippen LogP contribution in [0.5, 0.6) is 0 Å². The maximum atomic E-state index is 13.2. The molecule has 0 aromatic carbocycles. The summed E-state index contributed by atoms with van der Waals surface area (Å²) in [7, 11) is 0. The van der Waals surface area contributed by atoms with Gasteiger partial charge in [-0.15, -0.1) is 0 Å². The van der Waals surface area contributed by atoms with Gasteiger partial charge in [0.25, 0.3) is 0 Å². The van der Waals surface area contributed by atoms with Gasteiger partial charge in [-0.3, -0.25) is 4.79 Å². The van der Waals surface area contributed by atoms with Crippen molar-refractivity contribution in [3.05, 3.63) is 24.3 Å². The smallest absolute Gasteiger partial charge is 0.220 e. The third-order valence-electron chi connectivity index (χ3n) is 13.4. The van der Waals surface area contributed by atoms with Crippen molar-refractivity contribution in [2.75, 3.05) is 19.8 Å². The summed E-state index contributed by atoms with van der Waals surface area (Å²) in [5, 5.41) is 86.8. The van der Waals surface area contributed by atoms with Gasteiger partial charge in [-0.2, -0.15) is 0 Å². The average Bonchev–Trinajstić information content (AvgIpc) is 3.32. The number of unbranched alkanes of at least 4 members (excludes halogenated alkanes) is 27. The molecule has 67 heavy (non-hydrogen) atoms. The topological polar surface area (TPSA) is 228 Å². The number of carbonyl (C=O) groups excluding carboxylic acids is 1. The Morgan fingerprint density at radius 1 is 0.522 bits per heavy atom. The van der Waals surface area contributed by atoms with Gasteiger partial charge < -0.3 is 65.1 Å². The van der Waals surface area contributed by atoms with Gasteiger partial charge in [-0.1, -0.05) is 199 Å². The second-order valence-electron chi connectivity index (χ2n) is 19.4. The van der Waals surface area contributed by atoms with Crippen molar-refractivity contribution < 1.29 is 64.6 Å². The summed E-state index contributed by atoms with van der Waals surface area (Å²) in [5.74, 6) is -0.248. The van der Waals surface area contributed by atoms with E-state index in [2.05, 4.69) is 31.3 Å². The van der Waals surface area contributed by atoms with E-state index in [0.717, 1.165) is 32.1 Å². The first kappa shape index (κ1) is 61.6. The molecule has 2 aliphatic rings. The van der Waals surface area contributed by atoms with E-state index in [4.69, 9.17) is 18.9 Å². The van der Waals surface area contributed by atoms with Crippen LogP contribution in [0.15, 0.2) is 24.3 Å². The van der Waals surface area contributed by atoms with E-state index < -0.39 is 86.8 Å². The predicted molar refractivity (Wildman–Crippen MR) is 263 cm³/mol. The molecule has 0 aromatic rings. The van der Waals surface area contributed by atoms with Crippen LogP contribution in [-0.2, 0) is 23.7 Å². The highest BCUT2D eigenvalue weighted by atomic mass is 16.7. The monoisotopic (exact) mass is 958 g/mol. The molecule has 0 spiro atoms. The van der Waals surface area contributed by atoms with Gasteiger partial charge in [0.05, 0.1) is 32.0 Å². The van der Waals surface area contributed by atoms with Crippen LogP contribution in [0.4, 0.5) is 0 Å². The number of allylic oxidation sites excluding steroid dienone is 3. The molecule has 2 rings (SSSR count). The lowest BCUT2D eigenvalue weighted by Crippen LogP contribution is -2.65. The molecule has 0 radical (unpaired) electrons. The van der Waals surface area contributed by atoms with Gasteiger partial charge >= 0.3 is 0 Å². The Balaban J connectivity index is 1.84. The van der Waals surface area contributed by atoms with Crippen molar-refractivity contribution in [1.29, 1.82) is 0 Å². The molecule has 0 saturated carbocycles. The molecule has 2 fully saturated rings. The Bertz CT molecular complexity index is 1220. The minimum atomic E-state index is -1.79. The summed E-state index contributed by atoms with van der Waals surface area (Å²) in [5.41, 5.74) is 0. The van der Waals surface area contributed by atoms with Crippen LogP contribution in [0, 0.1) is 0 Å². The number of amides is 1. The van der Waals surface area contributed by atoms with Crippen molar-refractivity contribution in [2.45, 2.75) is 286 Å². The summed E-state index contributed by atoms with van der Waals surface area (Å²) in [6.07, 6.45) is 27.9. The van der Waals surface area contributed by atoms with Crippen molar-refractivity contribution in [3.63, 3.8) is 0 Å². The maximum absolute atomic E-state index is 13.2. The van der Waals surface area contributed by atoms with Gasteiger partial charge in [0.15, 0.2) is 12.6 Å². The molecule has 0 aromatic heterocycles. The highest BCUT2D eigenvalue weighted by Crippen LogP contribution is 2.30. The number of carbonyl (C=O) groups is 1. The summed E-state index contributed by atoms with van der Waals surface area (Å²) < 4.78 is 22.7. The highest BCUT2D eigenvalue weighted by Gasteiger charge is 2.51. The molecule has 12 atom stereocenters. The highest BCUT2D eigenvalue weighted by molar-refractivity contribution is 5.76. The van der Waals surface area contributed by atoms with E-state index in [1.165, 1.54) is 148 Å². The molecule has 9 N–H and O–H groups in total. The maximum Gasteiger partial charge on any atom is 0.220 e. The van der Waals surface area contributed by atoms with Gasteiger partial charge in [0, 0.05) is 6.42 Å². The Morgan fingerprint density at radius 2 is 0.955 bits per heavy atom. The third-order valence-corrected chi connectivity index (χ3v) is 13.4. The Kier molecular flexibility index (Phi) is 36.9. The van der Waals surface area contributed by atoms with Crippen LogP contribution in [0.1, 0.15) is 213 Å². The summed E-state index contributed by atoms with van der Waals surface area (Å²) in [6, 6.07) is -0.926. The first-order valence-corrected chi connectivity index (χ1v) is 27.1. The number of hydrogen-bond donors (Lipinski definition) is 9. The Morgan fingerprint density at radius 3 is 1.46 bits per heavy atom. The number of hydrogen-bond acceptors (Lipinski definition) is 13. The van der Waals surface area contributed by atoms with E-state index in [1.54, 1.807) is 6.08 Å². The second-order valence-corrected chi connectivity index (χ2v) is 19.4. The van der Waals surface area contributed by atoms with Crippen LogP contribution in [0.25, 0.3) is 0 Å². The standard InChI is InChI=1S/C53H99NO13/c1-3-5-7-9-11-13-15-17-19-20-21-22-23-24-26-28-30-32-34-36-42(57)41(54-45(58)37-35-33-31-29-27-25-18-16-14-12-10-8-6-4-2)40-64-52-50(63)48(61)51(44(39-56)66-52)67-53-49(62)47(60)46(59)43(38-55)65-53/h26,28,34,36,41-44,46-53,55-57,59-63H,3-25,27,29-33,35,37-40H2,1-2H3,(H,54,58)/b28-26+,36-34+. The van der Waals surface area contributed by atoms with E-state index in [0.29, 0.717) is 12.8 Å². The van der Waals surface area contributed by atoms with Crippen LogP contribution in [0.2, 0.25) is 0 Å². The molecule has 2 heterocycles. The van der Waals surface area contributed by atoms with Crippen LogP contribution in [0.3, 0.4) is 0 Å². The summed E-state index contributed by atoms with van der Waals surface area (Å²) in [6.45, 7) is 2.78. The zero-order valence-electron chi connectivity index (χ0n) is 41.9. The molecule has 12 unspecified atom stereocenters. The minimum absolute atomic E-state index is 0.248. The molecule has 2 aliphatic heterocycles. The third kappa shape index (κ3) is 27.0. The number of aliphatic hydroxyl groups excluding tert-OH is 8. The molecule has 0 aliphatic carbocycles. The Hall–Kier alpha value is -1.53. The molecular formula is C53H99NO13. The zero-order valence-corrected chi connectivity index (χ0v) is 41.9. The minimum Gasteiger partial charge on any atom is -0.394 e. The fourth-order valence-corrected chi connectivity index (χ4v) is 8.95. The SMILES string of the molecule is CCCCCCCCCCCCCCC/C=C/CC/C=C/C(O)C(COC1OC(CO)C(OC2OC(CO)C(O)C(O)C2O)C(O)C1O)NC(=O)CCCCCCCCCCCCCCCC. The Labute approximate surface area is 405 Å². The lowest BCUT2D eigenvalue weighted by atomic mass is 9.97. The normalized spacial score (nSPS) is 26.7. The average molecular weight is 958 g/mol. The van der Waals surface area contributed by atoms with Gasteiger partial charge in [-0.25, -0.2) is 0 Å². The van der Waals surface area contributed by atoms with Crippen LogP contribution in [-0.4, -0.2) is 140 Å². The van der Waals surface area contributed by atoms with E-state index in [-0.39, 0.29) is 18.9 Å². The zero-order chi connectivity index (χ0) is 48.9. The van der Waals surface area contributed by atoms with Crippen molar-refractivity contribution in [2.24, 2.45) is 0 Å². The predicted octanol–water partition coefficient (Wildman–Crippen LogP) is 7.72. The molecule has 0 bridgehead atoms. The van der Waals surface area contributed by atoms with E-state index in [1.807, 2.05) is 6.08 Å². The van der Waals surface area contributed by atoms with Crippen LogP contribution >= 0.6 is 0 Å². The van der Waals surface area contributed by atoms with Crippen molar-refractivity contribution in [3.8, 4) is 0 Å². The summed E-state index contributed by atoms with van der Waals surface area (Å²) >= 11 is 0. The number of ether oxygens (including phenoxy) is 4. The molecule has 14 heteroatoms. The lowest BCUT2D eigenvalue weighted by Gasteiger charge is -2.46. The summed E-state index contributed by atoms with van der Waals surface area (Å²) in [4.78, 5) is 13.2. The molecular weight excluding hydrogens is 859 g/mol. The largest absolute Gasteiger partial charge is 0.394 e. The first-order valence-electron chi connectivity index (χ1n) is 27.1. The number of nitrogens with one attached hydrogen (secondary N) is 1. The second kappa shape index (κ2) is 40.1. The van der Waals surface area contributed by atoms with Crippen molar-refractivity contribution in [1.82, 2.24) is 5.32 Å². The fourth-order valence-electron chi connectivity index (χ4n) is 8.95. The molecule has 2 saturated heterocycles. The van der Waals surface area contributed by atoms with E-state index >= 15 is 0 Å².